The third kappa shape index (κ3) is 13.0. The number of hydrogen-bond acceptors (Lipinski definition) is 12. The molecule has 0 spiro atoms. The zero-order chi connectivity index (χ0) is 34.6. The maximum Gasteiger partial charge on any atom is 0.120 e. The van der Waals surface area contributed by atoms with Crippen molar-refractivity contribution in [3.05, 3.63) is 108 Å². The lowest BCUT2D eigenvalue weighted by Gasteiger charge is -2.24. The molecule has 4 aromatic carbocycles. The van der Waals surface area contributed by atoms with E-state index in [1.807, 2.05) is 72.8 Å². The number of phenolic OH excluding ortho intramolecular Hbond substituents is 2. The van der Waals surface area contributed by atoms with E-state index in [0.717, 1.165) is 22.5 Å². The number of azo groups is 2. The Morgan fingerprint density at radius 1 is 0.420 bits per heavy atom. The van der Waals surface area contributed by atoms with Crippen LogP contribution in [0.2, 0.25) is 0 Å². The highest BCUT2D eigenvalue weighted by molar-refractivity contribution is 5.48. The van der Waals surface area contributed by atoms with Crippen LogP contribution in [0.5, 0.6) is 11.5 Å². The van der Waals surface area contributed by atoms with Crippen molar-refractivity contribution in [3.8, 4) is 11.5 Å². The SMILES string of the molecule is Oc1ccc(N=Nc2ccccc2)cc1CN1CCOCCOCCN(Cc2cc(N=Nc3ccccc3)ccc2O)CCOCCOCC1. The highest BCUT2D eigenvalue weighted by Crippen LogP contribution is 2.28. The van der Waals surface area contributed by atoms with Gasteiger partial charge in [-0.15, -0.1) is 0 Å². The van der Waals surface area contributed by atoms with Gasteiger partial charge in [0.15, 0.2) is 0 Å². The zero-order valence-corrected chi connectivity index (χ0v) is 28.3. The third-order valence-corrected chi connectivity index (χ3v) is 7.94. The van der Waals surface area contributed by atoms with Crippen LogP contribution in [0.4, 0.5) is 22.7 Å². The first kappa shape index (κ1) is 36.7. The summed E-state index contributed by atoms with van der Waals surface area (Å²) in [5.41, 5.74) is 4.37. The molecule has 0 amide bonds. The van der Waals surface area contributed by atoms with E-state index >= 15 is 0 Å². The molecule has 0 atom stereocenters. The van der Waals surface area contributed by atoms with Gasteiger partial charge in [-0.3, -0.25) is 9.80 Å². The normalized spacial score (nSPS) is 17.1. The molecule has 0 radical (unpaired) electrons. The summed E-state index contributed by atoms with van der Waals surface area (Å²) in [4.78, 5) is 4.37. The van der Waals surface area contributed by atoms with E-state index in [0.29, 0.717) is 103 Å². The van der Waals surface area contributed by atoms with E-state index in [4.69, 9.17) is 18.9 Å². The summed E-state index contributed by atoms with van der Waals surface area (Å²) in [5, 5.41) is 38.5. The summed E-state index contributed by atoms with van der Waals surface area (Å²) in [5.74, 6) is 0.412. The van der Waals surface area contributed by atoms with E-state index in [-0.39, 0.29) is 11.5 Å². The number of benzene rings is 4. The Labute approximate surface area is 293 Å². The van der Waals surface area contributed by atoms with Gasteiger partial charge in [0.05, 0.1) is 75.6 Å². The number of aromatic hydroxyl groups is 2. The molecule has 1 saturated heterocycles. The molecule has 0 aliphatic carbocycles. The molecule has 1 aliphatic rings. The Bertz CT molecular complexity index is 1480. The summed E-state index contributed by atoms with van der Waals surface area (Å²) >= 11 is 0. The average Bonchev–Trinajstić information content (AvgIpc) is 3.14. The van der Waals surface area contributed by atoms with Gasteiger partial charge < -0.3 is 29.2 Å². The van der Waals surface area contributed by atoms with Crippen LogP contribution in [0.25, 0.3) is 0 Å². The van der Waals surface area contributed by atoms with Gasteiger partial charge in [0.2, 0.25) is 0 Å². The lowest BCUT2D eigenvalue weighted by Crippen LogP contribution is -2.32. The molecule has 2 N–H and O–H groups in total. The quantitative estimate of drug-likeness (QED) is 0.185. The van der Waals surface area contributed by atoms with Crippen molar-refractivity contribution in [3.63, 3.8) is 0 Å². The van der Waals surface area contributed by atoms with Crippen molar-refractivity contribution in [2.24, 2.45) is 20.5 Å². The van der Waals surface area contributed by atoms with Crippen LogP contribution in [-0.4, -0.2) is 99.0 Å². The van der Waals surface area contributed by atoms with Gasteiger partial charge >= 0.3 is 0 Å². The first-order chi connectivity index (χ1) is 24.6. The molecule has 0 aromatic heterocycles. The van der Waals surface area contributed by atoms with Crippen molar-refractivity contribution < 1.29 is 29.2 Å². The maximum atomic E-state index is 10.6. The summed E-state index contributed by atoms with van der Waals surface area (Å²) in [6.45, 7) is 7.47. The molecule has 12 nitrogen and oxygen atoms in total. The highest BCUT2D eigenvalue weighted by atomic mass is 16.5. The van der Waals surface area contributed by atoms with Crippen LogP contribution in [0.3, 0.4) is 0 Å². The molecule has 0 bridgehead atoms. The first-order valence-electron chi connectivity index (χ1n) is 17.0. The van der Waals surface area contributed by atoms with Gasteiger partial charge in [0.25, 0.3) is 0 Å². The Kier molecular flexibility index (Phi) is 15.3. The topological polar surface area (TPSA) is 133 Å². The van der Waals surface area contributed by atoms with Crippen LogP contribution in [0.15, 0.2) is 118 Å². The van der Waals surface area contributed by atoms with Gasteiger partial charge in [-0.05, 0) is 60.7 Å². The monoisotopic (exact) mass is 682 g/mol. The Morgan fingerprint density at radius 2 is 0.760 bits per heavy atom. The van der Waals surface area contributed by atoms with E-state index in [1.165, 1.54) is 0 Å². The van der Waals surface area contributed by atoms with E-state index in [1.54, 1.807) is 24.3 Å². The molecule has 12 heteroatoms. The Morgan fingerprint density at radius 3 is 1.12 bits per heavy atom. The lowest BCUT2D eigenvalue weighted by atomic mass is 10.1. The minimum atomic E-state index is 0.206. The van der Waals surface area contributed by atoms with Crippen LogP contribution in [0.1, 0.15) is 11.1 Å². The predicted molar refractivity (Wildman–Crippen MR) is 191 cm³/mol. The number of nitrogens with zero attached hydrogens (tertiary/aromatic N) is 6. The minimum Gasteiger partial charge on any atom is -0.508 e. The Balaban J connectivity index is 1.11. The van der Waals surface area contributed by atoms with E-state index in [2.05, 4.69) is 30.3 Å². The molecule has 1 aliphatic heterocycles. The van der Waals surface area contributed by atoms with E-state index in [9.17, 15) is 10.2 Å². The van der Waals surface area contributed by atoms with Gasteiger partial charge in [-0.1, -0.05) is 36.4 Å². The standard InChI is InChI=1S/C38H46N6O6/c45-37-13-11-35(41-39-33-7-3-1-4-8-33)27-31(37)29-43-15-19-47-23-25-49-21-17-44(18-22-50-26-24-48-20-16-43)30-32-28-36(12-14-38(32)46)42-40-34-9-5-2-6-10-34/h1-14,27-28,45-46H,15-26,29-30H2. The fourth-order valence-corrected chi connectivity index (χ4v) is 5.18. The summed E-state index contributed by atoms with van der Waals surface area (Å²) in [7, 11) is 0. The van der Waals surface area contributed by atoms with Crippen molar-refractivity contribution in [1.29, 1.82) is 0 Å². The maximum absolute atomic E-state index is 10.6. The largest absolute Gasteiger partial charge is 0.508 e. The number of phenols is 2. The number of hydrogen-bond donors (Lipinski definition) is 2. The minimum absolute atomic E-state index is 0.206. The number of rotatable bonds is 8. The van der Waals surface area contributed by atoms with E-state index < -0.39 is 0 Å². The van der Waals surface area contributed by atoms with Crippen molar-refractivity contribution in [2.75, 3.05) is 79.0 Å². The molecule has 4 aromatic rings. The second kappa shape index (κ2) is 20.8. The molecule has 50 heavy (non-hydrogen) atoms. The second-order valence-electron chi connectivity index (χ2n) is 11.7. The van der Waals surface area contributed by atoms with Crippen molar-refractivity contribution in [1.82, 2.24) is 9.80 Å². The van der Waals surface area contributed by atoms with Gasteiger partial charge in [-0.25, -0.2) is 0 Å². The summed E-state index contributed by atoms with van der Waals surface area (Å²) in [6, 6.07) is 29.6. The van der Waals surface area contributed by atoms with Crippen LogP contribution >= 0.6 is 0 Å². The molecule has 1 heterocycles. The lowest BCUT2D eigenvalue weighted by molar-refractivity contribution is 0.00612. The molecule has 264 valence electrons. The average molecular weight is 683 g/mol. The molecule has 5 rings (SSSR count). The highest BCUT2D eigenvalue weighted by Gasteiger charge is 2.13. The molecular weight excluding hydrogens is 636 g/mol. The first-order valence-corrected chi connectivity index (χ1v) is 17.0. The third-order valence-electron chi connectivity index (χ3n) is 7.94. The summed E-state index contributed by atoms with van der Waals surface area (Å²) < 4.78 is 23.6. The smallest absolute Gasteiger partial charge is 0.120 e. The van der Waals surface area contributed by atoms with Gasteiger partial charge in [0.1, 0.15) is 11.5 Å². The second-order valence-corrected chi connectivity index (χ2v) is 11.7. The van der Waals surface area contributed by atoms with Crippen molar-refractivity contribution >= 4 is 22.7 Å². The fourth-order valence-electron chi connectivity index (χ4n) is 5.18. The molecular formula is C38H46N6O6. The van der Waals surface area contributed by atoms with Crippen LogP contribution in [-0.2, 0) is 32.0 Å². The number of ether oxygens (including phenoxy) is 4. The van der Waals surface area contributed by atoms with Crippen molar-refractivity contribution in [2.45, 2.75) is 13.1 Å². The fraction of sp³-hybridized carbons (Fsp3) is 0.368. The zero-order valence-electron chi connectivity index (χ0n) is 28.3. The molecule has 0 unspecified atom stereocenters. The van der Waals surface area contributed by atoms with Crippen LogP contribution < -0.4 is 0 Å². The molecule has 0 saturated carbocycles. The van der Waals surface area contributed by atoms with Crippen LogP contribution in [0, 0.1) is 0 Å². The Hall–Kier alpha value is -4.56. The summed E-state index contributed by atoms with van der Waals surface area (Å²) in [6.07, 6.45) is 0. The molecule has 1 fully saturated rings. The predicted octanol–water partition coefficient (Wildman–Crippen LogP) is 7.31. The van der Waals surface area contributed by atoms with Gasteiger partial charge in [0, 0.05) is 50.4 Å². The van der Waals surface area contributed by atoms with Gasteiger partial charge in [-0.2, -0.15) is 20.5 Å².